The van der Waals surface area contributed by atoms with Crippen molar-refractivity contribution < 1.29 is 13.5 Å². The Balaban J connectivity index is 0.00000141. The van der Waals surface area contributed by atoms with E-state index in [-0.39, 0.29) is 12.2 Å². The highest BCUT2D eigenvalue weighted by molar-refractivity contribution is 5.46. The fourth-order valence-corrected chi connectivity index (χ4v) is 2.83. The molecule has 1 aliphatic rings. The molecule has 0 saturated carbocycles. The molecule has 9 nitrogen and oxygen atoms in total. The number of aryl methyl sites for hydroxylation is 1. The summed E-state index contributed by atoms with van der Waals surface area (Å²) < 4.78 is 32.8. The second-order valence-electron chi connectivity index (χ2n) is 6.40. The molecule has 11 heteroatoms. The summed E-state index contributed by atoms with van der Waals surface area (Å²) >= 11 is 0. The van der Waals surface area contributed by atoms with Gasteiger partial charge in [-0.05, 0) is 25.1 Å². The van der Waals surface area contributed by atoms with Gasteiger partial charge in [-0.3, -0.25) is 0 Å². The minimum absolute atomic E-state index is 0.0614. The number of ether oxygens (including phenoxy) is 1. The highest BCUT2D eigenvalue weighted by Gasteiger charge is 2.16. The lowest BCUT2D eigenvalue weighted by atomic mass is 10.2. The van der Waals surface area contributed by atoms with Gasteiger partial charge in [0.2, 0.25) is 5.88 Å². The molecule has 0 bridgehead atoms. The summed E-state index contributed by atoms with van der Waals surface area (Å²) in [5.41, 5.74) is 2.30. The van der Waals surface area contributed by atoms with Crippen LogP contribution in [0.25, 0.3) is 5.69 Å². The average molecular weight is 440 g/mol. The first-order valence-electron chi connectivity index (χ1n) is 9.94. The normalized spacial score (nSPS) is 12.5. The molecular formula is C21H22F2N8O. The van der Waals surface area contributed by atoms with Crippen LogP contribution < -0.4 is 15.0 Å². The molecule has 0 atom stereocenters. The van der Waals surface area contributed by atoms with Crippen LogP contribution in [-0.4, -0.2) is 31.9 Å². The topological polar surface area (TPSA) is 105 Å². The van der Waals surface area contributed by atoms with Crippen molar-refractivity contribution in [1.29, 1.82) is 5.26 Å². The molecule has 0 unspecified atom stereocenters. The van der Waals surface area contributed by atoms with Gasteiger partial charge in [0.05, 0.1) is 18.1 Å². The summed E-state index contributed by atoms with van der Waals surface area (Å²) in [6, 6.07) is 11.2. The van der Waals surface area contributed by atoms with Gasteiger partial charge in [-0.2, -0.15) is 5.26 Å². The molecule has 0 aliphatic carbocycles. The van der Waals surface area contributed by atoms with Crippen molar-refractivity contribution in [2.45, 2.75) is 33.8 Å². The fourth-order valence-electron chi connectivity index (χ4n) is 2.83. The summed E-state index contributed by atoms with van der Waals surface area (Å²) in [4.78, 5) is 1.75. The summed E-state index contributed by atoms with van der Waals surface area (Å²) in [6.07, 6.45) is -0.878. The van der Waals surface area contributed by atoms with Gasteiger partial charge in [0, 0.05) is 17.8 Å². The maximum atomic E-state index is 12.8. The Morgan fingerprint density at radius 3 is 2.47 bits per heavy atom. The van der Waals surface area contributed by atoms with Crippen molar-refractivity contribution in [2.75, 3.05) is 11.6 Å². The first-order valence-corrected chi connectivity index (χ1v) is 9.94. The van der Waals surface area contributed by atoms with Crippen molar-refractivity contribution in [1.82, 2.24) is 30.5 Å². The maximum Gasteiger partial charge on any atom is 0.263 e. The third-order valence-electron chi connectivity index (χ3n) is 4.47. The number of nitrogens with zero attached hydrogens (tertiary/aromatic N) is 7. The molecule has 166 valence electrons. The zero-order valence-electron chi connectivity index (χ0n) is 17.8. The monoisotopic (exact) mass is 440 g/mol. The minimum Gasteiger partial charge on any atom is -0.470 e. The molecule has 32 heavy (non-hydrogen) atoms. The van der Waals surface area contributed by atoms with E-state index < -0.39 is 6.43 Å². The number of anilines is 1. The number of hydrogen-bond donors (Lipinski definition) is 1. The highest BCUT2D eigenvalue weighted by atomic mass is 19.3. The van der Waals surface area contributed by atoms with Crippen molar-refractivity contribution in [3.05, 3.63) is 65.2 Å². The summed E-state index contributed by atoms with van der Waals surface area (Å²) in [6.45, 7) is 6.34. The Hall–Kier alpha value is -4.07. The number of benzene rings is 1. The van der Waals surface area contributed by atoms with Gasteiger partial charge in [-0.25, -0.2) is 13.5 Å². The predicted molar refractivity (Wildman–Crippen MR) is 113 cm³/mol. The van der Waals surface area contributed by atoms with Crippen molar-refractivity contribution in [2.24, 2.45) is 0 Å². The van der Waals surface area contributed by atoms with Gasteiger partial charge >= 0.3 is 0 Å². The molecular weight excluding hydrogens is 418 g/mol. The number of hydrogen-bond acceptors (Lipinski definition) is 8. The number of halogens is 2. The van der Waals surface area contributed by atoms with Crippen LogP contribution in [-0.2, 0) is 6.61 Å². The van der Waals surface area contributed by atoms with E-state index in [2.05, 4.69) is 25.8 Å². The molecule has 0 saturated heterocycles. The van der Waals surface area contributed by atoms with Crippen LogP contribution in [0.3, 0.4) is 0 Å². The third kappa shape index (κ3) is 4.97. The van der Waals surface area contributed by atoms with Crippen LogP contribution >= 0.6 is 0 Å². The van der Waals surface area contributed by atoms with E-state index in [0.717, 1.165) is 0 Å². The first-order chi connectivity index (χ1) is 15.5. The zero-order valence-corrected chi connectivity index (χ0v) is 17.8. The Kier molecular flexibility index (Phi) is 7.28. The van der Waals surface area contributed by atoms with Crippen molar-refractivity contribution >= 4 is 5.82 Å². The second kappa shape index (κ2) is 10.3. The smallest absolute Gasteiger partial charge is 0.263 e. The molecule has 4 rings (SSSR count). The number of alkyl halides is 2. The van der Waals surface area contributed by atoms with E-state index in [1.54, 1.807) is 42.3 Å². The minimum atomic E-state index is -2.53. The summed E-state index contributed by atoms with van der Waals surface area (Å²) in [5.74, 6) is 0.873. The van der Waals surface area contributed by atoms with E-state index in [4.69, 9.17) is 10.00 Å². The van der Waals surface area contributed by atoms with E-state index in [1.165, 1.54) is 16.8 Å². The van der Waals surface area contributed by atoms with Crippen LogP contribution in [0.1, 0.15) is 37.2 Å². The molecule has 1 aromatic carbocycles. The van der Waals surface area contributed by atoms with Crippen LogP contribution in [0.15, 0.2) is 48.3 Å². The van der Waals surface area contributed by atoms with Gasteiger partial charge in [0.15, 0.2) is 5.82 Å². The van der Waals surface area contributed by atoms with E-state index >= 15 is 0 Å². The van der Waals surface area contributed by atoms with Crippen molar-refractivity contribution in [3.8, 4) is 17.6 Å². The van der Waals surface area contributed by atoms with E-state index in [0.29, 0.717) is 41.1 Å². The van der Waals surface area contributed by atoms with Gasteiger partial charge in [-0.15, -0.1) is 15.3 Å². The number of allylic oxidation sites excluding steroid dienone is 1. The Bertz CT molecular complexity index is 1100. The molecule has 1 aliphatic heterocycles. The summed E-state index contributed by atoms with van der Waals surface area (Å²) in [5, 5.41) is 28.1. The van der Waals surface area contributed by atoms with Gasteiger partial charge in [0.1, 0.15) is 24.1 Å². The van der Waals surface area contributed by atoms with Crippen LogP contribution in [0, 0.1) is 18.3 Å². The standard InChI is InChI=1S/C19H16F2N8O.C2H6/c1-12-16(29(27-24-12)15-4-2-13(3-5-15)19(20)21)10-30-18-7-6-17(25-26-18)28-9-14(8-22)23-11-28;1-2/h2-7,9,19,23H,10-11H2,1H3;1-2H3. The zero-order chi connectivity index (χ0) is 23.1. The lowest BCUT2D eigenvalue weighted by Gasteiger charge is -2.13. The Labute approximate surface area is 183 Å². The lowest BCUT2D eigenvalue weighted by Crippen LogP contribution is -2.21. The largest absolute Gasteiger partial charge is 0.470 e. The maximum absolute atomic E-state index is 12.8. The molecule has 0 fully saturated rings. The van der Waals surface area contributed by atoms with Gasteiger partial charge in [0.25, 0.3) is 6.43 Å². The molecule has 0 amide bonds. The van der Waals surface area contributed by atoms with Crippen LogP contribution in [0.5, 0.6) is 5.88 Å². The number of nitrogens with one attached hydrogen (secondary N) is 1. The molecule has 1 N–H and O–H groups in total. The molecule has 0 spiro atoms. The molecule has 3 aromatic rings. The van der Waals surface area contributed by atoms with Gasteiger partial charge < -0.3 is 15.0 Å². The lowest BCUT2D eigenvalue weighted by molar-refractivity contribution is 0.151. The van der Waals surface area contributed by atoms with Crippen LogP contribution in [0.4, 0.5) is 14.6 Å². The van der Waals surface area contributed by atoms with E-state index in [1.807, 2.05) is 19.9 Å². The predicted octanol–water partition coefficient (Wildman–Crippen LogP) is 3.64. The Morgan fingerprint density at radius 2 is 1.88 bits per heavy atom. The first kappa shape index (κ1) is 22.6. The van der Waals surface area contributed by atoms with Crippen molar-refractivity contribution in [3.63, 3.8) is 0 Å². The quantitative estimate of drug-likeness (QED) is 0.619. The molecule has 2 aromatic heterocycles. The SMILES string of the molecule is CC.Cc1nnn(-c2ccc(C(F)F)cc2)c1COc1ccc(N2C=C(C#N)NC2)nn1. The number of aromatic nitrogens is 5. The van der Waals surface area contributed by atoms with Gasteiger partial charge in [-0.1, -0.05) is 31.2 Å². The Morgan fingerprint density at radius 1 is 1.12 bits per heavy atom. The third-order valence-corrected chi connectivity index (χ3v) is 4.47. The number of rotatable bonds is 6. The average Bonchev–Trinajstić information content (AvgIpc) is 3.46. The summed E-state index contributed by atoms with van der Waals surface area (Å²) in [7, 11) is 0. The van der Waals surface area contributed by atoms with Crippen LogP contribution in [0.2, 0.25) is 0 Å². The molecule has 0 radical (unpaired) electrons. The van der Waals surface area contributed by atoms with E-state index in [9.17, 15) is 8.78 Å². The second-order valence-corrected chi connectivity index (χ2v) is 6.40. The highest BCUT2D eigenvalue weighted by Crippen LogP contribution is 2.22. The number of nitriles is 1. The fraction of sp³-hybridized carbons (Fsp3) is 0.286. The molecule has 3 heterocycles.